The average Bonchev–Trinajstić information content (AvgIpc) is 2.74. The van der Waals surface area contributed by atoms with Crippen molar-refractivity contribution in [2.24, 2.45) is 0 Å². The average molecular weight is 234 g/mol. The number of aromatic nitrogens is 3. The van der Waals surface area contributed by atoms with Crippen LogP contribution < -0.4 is 10.1 Å². The zero-order valence-electron chi connectivity index (χ0n) is 9.80. The third-order valence-electron chi connectivity index (χ3n) is 2.03. The molecule has 0 radical (unpaired) electrons. The van der Waals surface area contributed by atoms with Crippen molar-refractivity contribution in [1.29, 1.82) is 0 Å². The summed E-state index contributed by atoms with van der Waals surface area (Å²) in [6, 6.07) is 3.58. The lowest BCUT2D eigenvalue weighted by molar-refractivity contribution is 0.326. The van der Waals surface area contributed by atoms with Gasteiger partial charge in [0.15, 0.2) is 0 Å². The zero-order valence-corrected chi connectivity index (χ0v) is 9.80. The van der Waals surface area contributed by atoms with Crippen molar-refractivity contribution >= 4 is 5.95 Å². The first-order valence-electron chi connectivity index (χ1n) is 5.40. The summed E-state index contributed by atoms with van der Waals surface area (Å²) in [6.07, 6.45) is 1.65. The molecule has 2 aromatic heterocycles. The predicted octanol–water partition coefficient (Wildman–Crippen LogP) is 1.78. The van der Waals surface area contributed by atoms with Crippen molar-refractivity contribution in [3.63, 3.8) is 0 Å². The molecule has 6 nitrogen and oxygen atoms in total. The second-order valence-corrected chi connectivity index (χ2v) is 3.43. The first kappa shape index (κ1) is 11.4. The molecule has 0 atom stereocenters. The Bertz CT molecular complexity index is 484. The molecule has 0 bridgehead atoms. The van der Waals surface area contributed by atoms with Gasteiger partial charge < -0.3 is 14.6 Å². The highest BCUT2D eigenvalue weighted by molar-refractivity contribution is 5.28. The Labute approximate surface area is 99.0 Å². The van der Waals surface area contributed by atoms with Gasteiger partial charge in [0.2, 0.25) is 11.8 Å². The van der Waals surface area contributed by atoms with E-state index in [1.807, 2.05) is 19.9 Å². The SMILES string of the molecule is CCOc1ccnc(NCc2cc(C)on2)n1. The van der Waals surface area contributed by atoms with Gasteiger partial charge in [0.05, 0.1) is 13.2 Å². The van der Waals surface area contributed by atoms with E-state index in [9.17, 15) is 0 Å². The summed E-state index contributed by atoms with van der Waals surface area (Å²) >= 11 is 0. The second kappa shape index (κ2) is 5.29. The van der Waals surface area contributed by atoms with Crippen LogP contribution in [0.5, 0.6) is 5.88 Å². The highest BCUT2D eigenvalue weighted by Crippen LogP contribution is 2.09. The molecule has 1 N–H and O–H groups in total. The quantitative estimate of drug-likeness (QED) is 0.850. The van der Waals surface area contributed by atoms with Crippen LogP contribution in [0.2, 0.25) is 0 Å². The summed E-state index contributed by atoms with van der Waals surface area (Å²) in [4.78, 5) is 8.26. The molecule has 0 spiro atoms. The Morgan fingerprint density at radius 2 is 2.35 bits per heavy atom. The van der Waals surface area contributed by atoms with Crippen LogP contribution in [0.25, 0.3) is 0 Å². The normalized spacial score (nSPS) is 10.2. The van der Waals surface area contributed by atoms with E-state index in [0.29, 0.717) is 25.0 Å². The molecule has 0 aromatic carbocycles. The van der Waals surface area contributed by atoms with Crippen LogP contribution in [-0.2, 0) is 6.54 Å². The number of ether oxygens (including phenoxy) is 1. The summed E-state index contributed by atoms with van der Waals surface area (Å²) in [7, 11) is 0. The van der Waals surface area contributed by atoms with E-state index < -0.39 is 0 Å². The molecule has 0 aliphatic heterocycles. The van der Waals surface area contributed by atoms with E-state index in [-0.39, 0.29) is 0 Å². The molecule has 90 valence electrons. The molecule has 0 unspecified atom stereocenters. The Morgan fingerprint density at radius 1 is 1.47 bits per heavy atom. The van der Waals surface area contributed by atoms with Gasteiger partial charge in [-0.15, -0.1) is 0 Å². The molecule has 0 amide bonds. The zero-order chi connectivity index (χ0) is 12.1. The van der Waals surface area contributed by atoms with Crippen molar-refractivity contribution < 1.29 is 9.26 Å². The molecule has 0 aliphatic rings. The lowest BCUT2D eigenvalue weighted by Crippen LogP contribution is -2.05. The summed E-state index contributed by atoms with van der Waals surface area (Å²) < 4.78 is 10.2. The predicted molar refractivity (Wildman–Crippen MR) is 61.8 cm³/mol. The van der Waals surface area contributed by atoms with Crippen molar-refractivity contribution in [3.05, 3.63) is 29.8 Å². The smallest absolute Gasteiger partial charge is 0.226 e. The molecular weight excluding hydrogens is 220 g/mol. The van der Waals surface area contributed by atoms with Crippen LogP contribution in [0.15, 0.2) is 22.9 Å². The monoisotopic (exact) mass is 234 g/mol. The van der Waals surface area contributed by atoms with Crippen LogP contribution in [0, 0.1) is 6.92 Å². The molecule has 0 fully saturated rings. The molecule has 2 heterocycles. The number of hydrogen-bond donors (Lipinski definition) is 1. The highest BCUT2D eigenvalue weighted by atomic mass is 16.5. The Kier molecular flexibility index (Phi) is 3.54. The summed E-state index contributed by atoms with van der Waals surface area (Å²) in [5, 5.41) is 6.91. The van der Waals surface area contributed by atoms with E-state index in [0.717, 1.165) is 11.5 Å². The second-order valence-electron chi connectivity index (χ2n) is 3.43. The maximum absolute atomic E-state index is 5.28. The van der Waals surface area contributed by atoms with Gasteiger partial charge in [-0.05, 0) is 13.8 Å². The number of nitrogens with zero attached hydrogens (tertiary/aromatic N) is 3. The lowest BCUT2D eigenvalue weighted by atomic mass is 10.4. The van der Waals surface area contributed by atoms with Gasteiger partial charge in [0, 0.05) is 18.3 Å². The largest absolute Gasteiger partial charge is 0.478 e. The summed E-state index contributed by atoms with van der Waals surface area (Å²) in [5.41, 5.74) is 0.813. The molecular formula is C11H14N4O2. The van der Waals surface area contributed by atoms with Crippen molar-refractivity contribution in [2.45, 2.75) is 20.4 Å². The summed E-state index contributed by atoms with van der Waals surface area (Å²) in [5.74, 6) is 1.85. The minimum atomic E-state index is 0.511. The van der Waals surface area contributed by atoms with Crippen molar-refractivity contribution in [2.75, 3.05) is 11.9 Å². The molecule has 17 heavy (non-hydrogen) atoms. The number of rotatable bonds is 5. The fraction of sp³-hybridized carbons (Fsp3) is 0.364. The van der Waals surface area contributed by atoms with E-state index in [1.54, 1.807) is 12.3 Å². The number of aryl methyl sites for hydroxylation is 1. The Balaban J connectivity index is 1.96. The van der Waals surface area contributed by atoms with E-state index in [2.05, 4.69) is 20.4 Å². The van der Waals surface area contributed by atoms with Gasteiger partial charge in [0.25, 0.3) is 0 Å². The lowest BCUT2D eigenvalue weighted by Gasteiger charge is -2.04. The maximum atomic E-state index is 5.28. The number of nitrogens with one attached hydrogen (secondary N) is 1. The van der Waals surface area contributed by atoms with Crippen LogP contribution in [0.4, 0.5) is 5.95 Å². The minimum absolute atomic E-state index is 0.511. The first-order chi connectivity index (χ1) is 8.28. The first-order valence-corrected chi connectivity index (χ1v) is 5.40. The third-order valence-corrected chi connectivity index (χ3v) is 2.03. The van der Waals surface area contributed by atoms with E-state index in [1.165, 1.54) is 0 Å². The number of anilines is 1. The molecule has 2 rings (SSSR count). The van der Waals surface area contributed by atoms with Gasteiger partial charge in [-0.3, -0.25) is 0 Å². The van der Waals surface area contributed by atoms with Crippen molar-refractivity contribution in [1.82, 2.24) is 15.1 Å². The topological polar surface area (TPSA) is 73.1 Å². The van der Waals surface area contributed by atoms with Gasteiger partial charge in [0.1, 0.15) is 11.5 Å². The van der Waals surface area contributed by atoms with E-state index >= 15 is 0 Å². The Morgan fingerprint density at radius 3 is 3.06 bits per heavy atom. The van der Waals surface area contributed by atoms with Crippen LogP contribution >= 0.6 is 0 Å². The molecule has 0 aliphatic carbocycles. The van der Waals surface area contributed by atoms with Gasteiger partial charge in [-0.1, -0.05) is 5.16 Å². The third kappa shape index (κ3) is 3.17. The molecule has 0 saturated carbocycles. The van der Waals surface area contributed by atoms with Crippen LogP contribution in [-0.4, -0.2) is 21.7 Å². The fourth-order valence-electron chi connectivity index (χ4n) is 1.33. The molecule has 6 heteroatoms. The molecule has 0 saturated heterocycles. The van der Waals surface area contributed by atoms with Crippen LogP contribution in [0.3, 0.4) is 0 Å². The van der Waals surface area contributed by atoms with Gasteiger partial charge in [-0.2, -0.15) is 4.98 Å². The van der Waals surface area contributed by atoms with Crippen molar-refractivity contribution in [3.8, 4) is 5.88 Å². The van der Waals surface area contributed by atoms with Gasteiger partial charge >= 0.3 is 0 Å². The Hall–Kier alpha value is -2.11. The number of hydrogen-bond acceptors (Lipinski definition) is 6. The van der Waals surface area contributed by atoms with E-state index in [4.69, 9.17) is 9.26 Å². The fourth-order valence-corrected chi connectivity index (χ4v) is 1.33. The highest BCUT2D eigenvalue weighted by Gasteiger charge is 2.02. The molecule has 2 aromatic rings. The minimum Gasteiger partial charge on any atom is -0.478 e. The summed E-state index contributed by atoms with van der Waals surface area (Å²) in [6.45, 7) is 4.86. The van der Waals surface area contributed by atoms with Crippen LogP contribution in [0.1, 0.15) is 18.4 Å². The maximum Gasteiger partial charge on any atom is 0.226 e. The standard InChI is InChI=1S/C11H14N4O2/c1-3-16-10-4-5-12-11(14-10)13-7-9-6-8(2)17-15-9/h4-6H,3,7H2,1-2H3,(H,12,13,14). The van der Waals surface area contributed by atoms with Gasteiger partial charge in [-0.25, -0.2) is 4.98 Å².